The van der Waals surface area contributed by atoms with E-state index in [1.54, 1.807) is 12.1 Å². The molecule has 2 aromatic rings. The zero-order valence-corrected chi connectivity index (χ0v) is 12.1. The number of carbonyl (C=O) groups is 1. The highest BCUT2D eigenvalue weighted by Crippen LogP contribution is 2.37. The minimum absolute atomic E-state index is 0.545. The van der Waals surface area contributed by atoms with Crippen molar-refractivity contribution in [2.24, 2.45) is 5.92 Å². The average molecular weight is 286 g/mol. The molecule has 0 amide bonds. The van der Waals surface area contributed by atoms with E-state index in [-0.39, 0.29) is 0 Å². The molecule has 0 saturated carbocycles. The first kappa shape index (κ1) is 13.2. The zero-order chi connectivity index (χ0) is 14.1. The predicted octanol–water partition coefficient (Wildman–Crippen LogP) is 4.48. The summed E-state index contributed by atoms with van der Waals surface area (Å²) in [7, 11) is 0. The van der Waals surface area contributed by atoms with Gasteiger partial charge < -0.3 is 4.90 Å². The lowest BCUT2D eigenvalue weighted by molar-refractivity contribution is 0.112. The Bertz CT molecular complexity index is 653. The molecule has 1 aliphatic heterocycles. The van der Waals surface area contributed by atoms with Crippen molar-refractivity contribution in [1.82, 2.24) is 0 Å². The van der Waals surface area contributed by atoms with Crippen molar-refractivity contribution in [2.75, 3.05) is 11.4 Å². The van der Waals surface area contributed by atoms with E-state index in [1.165, 1.54) is 11.3 Å². The number of rotatable bonds is 2. The smallest absolute Gasteiger partial charge is 0.152 e. The lowest BCUT2D eigenvalue weighted by atomic mass is 9.93. The van der Waals surface area contributed by atoms with Crippen molar-refractivity contribution >= 4 is 29.3 Å². The van der Waals surface area contributed by atoms with Gasteiger partial charge in [-0.05, 0) is 42.2 Å². The van der Waals surface area contributed by atoms with Crippen LogP contribution in [-0.4, -0.2) is 12.8 Å². The monoisotopic (exact) mass is 285 g/mol. The van der Waals surface area contributed by atoms with Crippen LogP contribution in [0.15, 0.2) is 42.5 Å². The van der Waals surface area contributed by atoms with Crippen molar-refractivity contribution in [3.63, 3.8) is 0 Å². The number of anilines is 2. The van der Waals surface area contributed by atoms with Gasteiger partial charge in [-0.25, -0.2) is 0 Å². The fraction of sp³-hybridized carbons (Fsp3) is 0.235. The molecule has 3 heteroatoms. The first-order valence-electron chi connectivity index (χ1n) is 6.79. The van der Waals surface area contributed by atoms with Gasteiger partial charge in [0.15, 0.2) is 6.29 Å². The summed E-state index contributed by atoms with van der Waals surface area (Å²) in [4.78, 5) is 13.5. The summed E-state index contributed by atoms with van der Waals surface area (Å²) < 4.78 is 0. The zero-order valence-electron chi connectivity index (χ0n) is 11.3. The summed E-state index contributed by atoms with van der Waals surface area (Å²) in [6.45, 7) is 3.13. The number of carbonyl (C=O) groups excluding carboxylic acids is 1. The van der Waals surface area contributed by atoms with Gasteiger partial charge in [0, 0.05) is 22.8 Å². The molecule has 0 aromatic heterocycles. The molecule has 102 valence electrons. The van der Waals surface area contributed by atoms with E-state index in [0.29, 0.717) is 16.5 Å². The lowest BCUT2D eigenvalue weighted by Gasteiger charge is -2.35. The highest BCUT2D eigenvalue weighted by Gasteiger charge is 2.24. The third-order valence-corrected chi connectivity index (χ3v) is 3.99. The molecule has 20 heavy (non-hydrogen) atoms. The SMILES string of the molecule is CC1Cc2ccccc2N(c2cc(Cl)ccc2C=O)C1. The highest BCUT2D eigenvalue weighted by atomic mass is 35.5. The largest absolute Gasteiger partial charge is 0.340 e. The molecule has 1 heterocycles. The minimum Gasteiger partial charge on any atom is -0.340 e. The van der Waals surface area contributed by atoms with E-state index >= 15 is 0 Å². The summed E-state index contributed by atoms with van der Waals surface area (Å²) >= 11 is 6.11. The number of para-hydroxylation sites is 1. The van der Waals surface area contributed by atoms with E-state index in [2.05, 4.69) is 30.0 Å². The van der Waals surface area contributed by atoms with Crippen LogP contribution in [0.5, 0.6) is 0 Å². The van der Waals surface area contributed by atoms with Crippen LogP contribution in [-0.2, 0) is 6.42 Å². The highest BCUT2D eigenvalue weighted by molar-refractivity contribution is 6.31. The molecule has 0 saturated heterocycles. The minimum atomic E-state index is 0.545. The van der Waals surface area contributed by atoms with E-state index < -0.39 is 0 Å². The summed E-state index contributed by atoms with van der Waals surface area (Å²) in [5.74, 6) is 0.545. The Balaban J connectivity index is 2.15. The third kappa shape index (κ3) is 2.32. The maximum atomic E-state index is 11.3. The fourth-order valence-corrected chi connectivity index (χ4v) is 3.04. The van der Waals surface area contributed by atoms with Crippen LogP contribution >= 0.6 is 11.6 Å². The second-order valence-corrected chi connectivity index (χ2v) is 5.81. The lowest BCUT2D eigenvalue weighted by Crippen LogP contribution is -2.31. The first-order chi connectivity index (χ1) is 9.69. The van der Waals surface area contributed by atoms with Gasteiger partial charge in [0.1, 0.15) is 0 Å². The molecule has 0 N–H and O–H groups in total. The normalized spacial score (nSPS) is 17.7. The molecule has 3 rings (SSSR count). The molecule has 2 aromatic carbocycles. The summed E-state index contributed by atoms with van der Waals surface area (Å²) in [5, 5.41) is 0.654. The van der Waals surface area contributed by atoms with Gasteiger partial charge in [0.2, 0.25) is 0 Å². The predicted molar refractivity (Wildman–Crippen MR) is 83.2 cm³/mol. The molecular weight excluding hydrogens is 270 g/mol. The quantitative estimate of drug-likeness (QED) is 0.758. The average Bonchev–Trinajstić information content (AvgIpc) is 2.46. The van der Waals surface area contributed by atoms with Crippen LogP contribution in [0.25, 0.3) is 0 Å². The molecule has 2 nitrogen and oxygen atoms in total. The number of aldehydes is 1. The molecule has 0 bridgehead atoms. The maximum Gasteiger partial charge on any atom is 0.152 e. The van der Waals surface area contributed by atoms with Crippen LogP contribution in [0.1, 0.15) is 22.8 Å². The topological polar surface area (TPSA) is 20.3 Å². The summed E-state index contributed by atoms with van der Waals surface area (Å²) in [5.41, 5.74) is 4.07. The Kier molecular flexibility index (Phi) is 3.49. The molecule has 0 aliphatic carbocycles. The Morgan fingerprint density at radius 2 is 2.00 bits per heavy atom. The number of nitrogens with zero attached hydrogens (tertiary/aromatic N) is 1. The van der Waals surface area contributed by atoms with E-state index in [0.717, 1.165) is 24.9 Å². The second kappa shape index (κ2) is 5.29. The van der Waals surface area contributed by atoms with Gasteiger partial charge in [-0.1, -0.05) is 36.7 Å². The number of hydrogen-bond acceptors (Lipinski definition) is 2. The van der Waals surface area contributed by atoms with Gasteiger partial charge in [0.05, 0.1) is 5.69 Å². The van der Waals surface area contributed by atoms with Gasteiger partial charge in [0.25, 0.3) is 0 Å². The summed E-state index contributed by atoms with van der Waals surface area (Å²) in [6.07, 6.45) is 1.97. The fourth-order valence-electron chi connectivity index (χ4n) is 2.88. The molecule has 0 spiro atoms. The van der Waals surface area contributed by atoms with Crippen LogP contribution in [0.3, 0.4) is 0 Å². The maximum absolute atomic E-state index is 11.3. The van der Waals surface area contributed by atoms with Crippen LogP contribution in [0, 0.1) is 5.92 Å². The number of hydrogen-bond donors (Lipinski definition) is 0. The van der Waals surface area contributed by atoms with Crippen molar-refractivity contribution in [2.45, 2.75) is 13.3 Å². The van der Waals surface area contributed by atoms with Crippen molar-refractivity contribution in [3.05, 3.63) is 58.6 Å². The molecule has 1 atom stereocenters. The second-order valence-electron chi connectivity index (χ2n) is 5.37. The Morgan fingerprint density at radius 3 is 2.80 bits per heavy atom. The Morgan fingerprint density at radius 1 is 1.20 bits per heavy atom. The molecular formula is C17H16ClNO. The van der Waals surface area contributed by atoms with E-state index in [9.17, 15) is 4.79 Å². The van der Waals surface area contributed by atoms with Gasteiger partial charge >= 0.3 is 0 Å². The third-order valence-electron chi connectivity index (χ3n) is 3.76. The molecule has 1 unspecified atom stereocenters. The number of halogens is 1. The van der Waals surface area contributed by atoms with Crippen LogP contribution in [0.4, 0.5) is 11.4 Å². The Labute approximate surface area is 124 Å². The van der Waals surface area contributed by atoms with Crippen molar-refractivity contribution in [3.8, 4) is 0 Å². The van der Waals surface area contributed by atoms with Crippen molar-refractivity contribution < 1.29 is 4.79 Å². The first-order valence-corrected chi connectivity index (χ1v) is 7.17. The van der Waals surface area contributed by atoms with Gasteiger partial charge in [-0.2, -0.15) is 0 Å². The number of benzene rings is 2. The van der Waals surface area contributed by atoms with E-state index in [1.807, 2.05) is 12.1 Å². The molecule has 1 aliphatic rings. The molecule has 0 fully saturated rings. The van der Waals surface area contributed by atoms with E-state index in [4.69, 9.17) is 11.6 Å². The van der Waals surface area contributed by atoms with Crippen LogP contribution in [0.2, 0.25) is 5.02 Å². The molecule has 0 radical (unpaired) electrons. The Hall–Kier alpha value is -1.80. The van der Waals surface area contributed by atoms with Gasteiger partial charge in [-0.15, -0.1) is 0 Å². The van der Waals surface area contributed by atoms with Crippen LogP contribution < -0.4 is 4.90 Å². The summed E-state index contributed by atoms with van der Waals surface area (Å²) in [6, 6.07) is 13.8. The number of fused-ring (bicyclic) bond motifs is 1. The van der Waals surface area contributed by atoms with Crippen molar-refractivity contribution in [1.29, 1.82) is 0 Å². The van der Waals surface area contributed by atoms with Gasteiger partial charge in [-0.3, -0.25) is 4.79 Å². The standard InChI is InChI=1S/C17H16ClNO/c1-12-8-13-4-2-3-5-16(13)19(10-12)17-9-15(18)7-6-14(17)11-20/h2-7,9,11-12H,8,10H2,1H3.